The van der Waals surface area contributed by atoms with E-state index < -0.39 is 11.6 Å². The number of carbonyl (C=O) groups excluding carboxylic acids is 2. The molecular weight excluding hydrogens is 382 g/mol. The molecule has 2 saturated heterocycles. The van der Waals surface area contributed by atoms with Crippen LogP contribution < -0.4 is 15.4 Å². The van der Waals surface area contributed by atoms with E-state index in [0.717, 1.165) is 48.7 Å². The number of imide groups is 1. The van der Waals surface area contributed by atoms with Gasteiger partial charge in [0, 0.05) is 18.0 Å². The van der Waals surface area contributed by atoms with Gasteiger partial charge in [0.25, 0.3) is 5.91 Å². The number of hydrogen-bond acceptors (Lipinski definition) is 5. The Labute approximate surface area is 176 Å². The fourth-order valence-corrected chi connectivity index (χ4v) is 7.01. The molecule has 1 spiro atoms. The number of likely N-dealkylation sites (tertiary alicyclic amines) is 1. The number of aliphatic hydroxyl groups excluding tert-OH is 1. The maximum atomic E-state index is 12.8. The molecule has 2 aliphatic heterocycles. The number of rotatable bonds is 3. The van der Waals surface area contributed by atoms with Gasteiger partial charge in [0.15, 0.2) is 0 Å². The van der Waals surface area contributed by atoms with E-state index in [2.05, 4.69) is 21.6 Å². The smallest absolute Gasteiger partial charge is 0.322 e. The minimum absolute atomic E-state index is 0.0674. The average Bonchev–Trinajstić information content (AvgIpc) is 3.51. The molecule has 1 aromatic rings. The molecule has 2 bridgehead atoms. The SMILES string of the molecule is COc1ccc2c(c1)[C@]13CCN(CC4CC4)[C@H]([C@@H]2O)[C@@H]1CC[C@@]1(C3)NC(=O)NC1=O. The first-order valence-corrected chi connectivity index (χ1v) is 11.2. The van der Waals surface area contributed by atoms with Crippen LogP contribution in [0.3, 0.4) is 0 Å². The van der Waals surface area contributed by atoms with Crippen molar-refractivity contribution in [1.29, 1.82) is 0 Å². The number of carbonyl (C=O) groups is 2. The molecule has 0 radical (unpaired) electrons. The molecule has 7 nitrogen and oxygen atoms in total. The molecule has 6 rings (SSSR count). The van der Waals surface area contributed by atoms with Crippen molar-refractivity contribution in [2.45, 2.75) is 61.6 Å². The van der Waals surface area contributed by atoms with Crippen LogP contribution in [0.2, 0.25) is 0 Å². The van der Waals surface area contributed by atoms with Crippen molar-refractivity contribution in [3.05, 3.63) is 29.3 Å². The first-order valence-electron chi connectivity index (χ1n) is 11.2. The van der Waals surface area contributed by atoms with Crippen LogP contribution in [0, 0.1) is 11.8 Å². The summed E-state index contributed by atoms with van der Waals surface area (Å²) in [4.78, 5) is 27.4. The van der Waals surface area contributed by atoms with Gasteiger partial charge < -0.3 is 15.2 Å². The van der Waals surface area contributed by atoms with Gasteiger partial charge in [-0.1, -0.05) is 6.07 Å². The average molecular weight is 412 g/mol. The Morgan fingerprint density at radius 1 is 1.23 bits per heavy atom. The van der Waals surface area contributed by atoms with Gasteiger partial charge in [-0.15, -0.1) is 0 Å². The lowest BCUT2D eigenvalue weighted by Crippen LogP contribution is -2.67. The second-order valence-electron chi connectivity index (χ2n) is 10.0. The maximum absolute atomic E-state index is 12.8. The fraction of sp³-hybridized carbons (Fsp3) is 0.652. The van der Waals surface area contributed by atoms with Gasteiger partial charge >= 0.3 is 6.03 Å². The third-order valence-electron chi connectivity index (χ3n) is 8.53. The number of methoxy groups -OCH3 is 1. The van der Waals surface area contributed by atoms with Crippen LogP contribution in [-0.4, -0.2) is 53.7 Å². The molecule has 30 heavy (non-hydrogen) atoms. The molecule has 3 amide bonds. The Hall–Kier alpha value is -2.12. The van der Waals surface area contributed by atoms with Crippen molar-refractivity contribution in [2.75, 3.05) is 20.2 Å². The van der Waals surface area contributed by atoms with Crippen LogP contribution >= 0.6 is 0 Å². The van der Waals surface area contributed by atoms with E-state index in [4.69, 9.17) is 4.74 Å². The lowest BCUT2D eigenvalue weighted by molar-refractivity contribution is -0.132. The van der Waals surface area contributed by atoms with Crippen LogP contribution in [0.25, 0.3) is 0 Å². The van der Waals surface area contributed by atoms with Crippen LogP contribution in [0.4, 0.5) is 4.79 Å². The number of benzene rings is 1. The predicted octanol–water partition coefficient (Wildman–Crippen LogP) is 1.84. The van der Waals surface area contributed by atoms with Crippen molar-refractivity contribution in [3.8, 4) is 5.75 Å². The Morgan fingerprint density at radius 2 is 2.07 bits per heavy atom. The van der Waals surface area contributed by atoms with E-state index in [1.54, 1.807) is 7.11 Å². The lowest BCUT2D eigenvalue weighted by atomic mass is 9.48. The van der Waals surface area contributed by atoms with Gasteiger partial charge in [-0.05, 0) is 80.2 Å². The Kier molecular flexibility index (Phi) is 3.85. The van der Waals surface area contributed by atoms with Gasteiger partial charge in [0.05, 0.1) is 13.2 Å². The Morgan fingerprint density at radius 3 is 2.77 bits per heavy atom. The van der Waals surface area contributed by atoms with E-state index in [1.165, 1.54) is 12.8 Å². The zero-order valence-corrected chi connectivity index (χ0v) is 17.3. The van der Waals surface area contributed by atoms with E-state index in [0.29, 0.717) is 12.8 Å². The Balaban J connectivity index is 1.48. The third kappa shape index (κ3) is 2.45. The van der Waals surface area contributed by atoms with Gasteiger partial charge in [-0.2, -0.15) is 0 Å². The highest BCUT2D eigenvalue weighted by Crippen LogP contribution is 2.61. The van der Waals surface area contributed by atoms with E-state index in [9.17, 15) is 14.7 Å². The summed E-state index contributed by atoms with van der Waals surface area (Å²) in [5, 5.41) is 16.9. The molecule has 2 heterocycles. The van der Waals surface area contributed by atoms with Crippen molar-refractivity contribution >= 4 is 11.9 Å². The van der Waals surface area contributed by atoms with E-state index in [-0.39, 0.29) is 29.3 Å². The van der Waals surface area contributed by atoms with Crippen LogP contribution in [0.1, 0.15) is 55.8 Å². The number of nitrogens with one attached hydrogen (secondary N) is 2. The summed E-state index contributed by atoms with van der Waals surface area (Å²) in [7, 11) is 1.66. The summed E-state index contributed by atoms with van der Waals surface area (Å²) in [5.74, 6) is 1.59. The number of urea groups is 1. The second kappa shape index (κ2) is 6.20. The molecule has 3 aliphatic carbocycles. The number of aliphatic hydroxyl groups is 1. The minimum atomic E-state index is -0.848. The predicted molar refractivity (Wildman–Crippen MR) is 109 cm³/mol. The summed E-state index contributed by atoms with van der Waals surface area (Å²) in [6, 6.07) is 5.66. The molecule has 1 aromatic carbocycles. The highest BCUT2D eigenvalue weighted by molar-refractivity contribution is 6.07. The number of ether oxygens (including phenoxy) is 1. The maximum Gasteiger partial charge on any atom is 0.322 e. The molecule has 160 valence electrons. The van der Waals surface area contributed by atoms with E-state index >= 15 is 0 Å². The normalized spacial score (nSPS) is 39.9. The third-order valence-corrected chi connectivity index (χ3v) is 8.53. The lowest BCUT2D eigenvalue weighted by Gasteiger charge is -2.62. The van der Waals surface area contributed by atoms with Gasteiger partial charge in [0.1, 0.15) is 11.3 Å². The fourth-order valence-electron chi connectivity index (χ4n) is 7.01. The van der Waals surface area contributed by atoms with E-state index in [1.807, 2.05) is 12.1 Å². The summed E-state index contributed by atoms with van der Waals surface area (Å²) in [6.07, 6.45) is 4.99. The van der Waals surface area contributed by atoms with Gasteiger partial charge in [-0.3, -0.25) is 15.0 Å². The highest BCUT2D eigenvalue weighted by atomic mass is 16.5. The van der Waals surface area contributed by atoms with Crippen molar-refractivity contribution < 1.29 is 19.4 Å². The molecule has 3 N–H and O–H groups in total. The molecule has 0 unspecified atom stereocenters. The molecule has 0 aromatic heterocycles. The van der Waals surface area contributed by atoms with Gasteiger partial charge in [-0.25, -0.2) is 4.79 Å². The largest absolute Gasteiger partial charge is 0.497 e. The quantitative estimate of drug-likeness (QED) is 0.661. The molecule has 5 atom stereocenters. The zero-order chi connectivity index (χ0) is 20.7. The number of fused-ring (bicyclic) bond motifs is 1. The Bertz CT molecular complexity index is 931. The van der Waals surface area contributed by atoms with Crippen molar-refractivity contribution in [3.63, 3.8) is 0 Å². The topological polar surface area (TPSA) is 90.9 Å². The highest BCUT2D eigenvalue weighted by Gasteiger charge is 2.64. The minimum Gasteiger partial charge on any atom is -0.497 e. The van der Waals surface area contributed by atoms with Crippen LogP contribution in [-0.2, 0) is 10.2 Å². The number of nitrogens with zero attached hydrogens (tertiary/aromatic N) is 1. The van der Waals surface area contributed by atoms with Crippen LogP contribution in [0.15, 0.2) is 18.2 Å². The monoisotopic (exact) mass is 411 g/mol. The number of piperidine rings is 1. The summed E-state index contributed by atoms with van der Waals surface area (Å²) >= 11 is 0. The summed E-state index contributed by atoms with van der Waals surface area (Å²) in [5.41, 5.74) is 0.967. The van der Waals surface area contributed by atoms with Gasteiger partial charge in [0.2, 0.25) is 0 Å². The number of hydrogen-bond donors (Lipinski definition) is 3. The molecule has 4 fully saturated rings. The van der Waals surface area contributed by atoms with Crippen LogP contribution in [0.5, 0.6) is 5.75 Å². The standard InChI is InChI=1S/C23H29N3O4/c1-30-14-4-5-15-17(10-14)22-8-9-26(11-13-2-3-13)18(19(15)27)16(22)6-7-23(12-22)20(28)24-21(29)25-23/h4-5,10,13,16,18-19,27H,2-3,6-9,11-12H2,1H3,(H2,24,25,28,29)/t16-,18-,19+,22-,23-/m0/s1. The molecule has 7 heteroatoms. The second-order valence-corrected chi connectivity index (χ2v) is 10.0. The molecule has 2 saturated carbocycles. The van der Waals surface area contributed by atoms with Crippen molar-refractivity contribution in [2.24, 2.45) is 11.8 Å². The summed E-state index contributed by atoms with van der Waals surface area (Å²) in [6.45, 7) is 1.97. The zero-order valence-electron chi connectivity index (χ0n) is 17.3. The first kappa shape index (κ1) is 18.6. The molecule has 5 aliphatic rings. The number of amides is 3. The van der Waals surface area contributed by atoms with Crippen molar-refractivity contribution in [1.82, 2.24) is 15.5 Å². The summed E-state index contributed by atoms with van der Waals surface area (Å²) < 4.78 is 5.53. The first-order chi connectivity index (χ1) is 14.5. The molecular formula is C23H29N3O4.